The molecule has 0 fully saturated rings. The van der Waals surface area contributed by atoms with Gasteiger partial charge in [-0.2, -0.15) is 0 Å². The fraction of sp³-hybridized carbons (Fsp3) is 0.353. The van der Waals surface area contributed by atoms with Crippen LogP contribution in [-0.4, -0.2) is 28.6 Å². The topological polar surface area (TPSA) is 40.5 Å². The van der Waals surface area contributed by atoms with Gasteiger partial charge < -0.3 is 5.11 Å². The third kappa shape index (κ3) is 2.41. The summed E-state index contributed by atoms with van der Waals surface area (Å²) in [6, 6.07) is 14.4. The molecule has 2 rings (SSSR count). The van der Waals surface area contributed by atoms with Crippen molar-refractivity contribution in [2.24, 2.45) is 0 Å². The van der Waals surface area contributed by atoms with Gasteiger partial charge in [-0.1, -0.05) is 42.5 Å². The van der Waals surface area contributed by atoms with Crippen LogP contribution in [-0.2, 0) is 4.79 Å². The monoisotopic (exact) mass is 271 g/mol. The summed E-state index contributed by atoms with van der Waals surface area (Å²) in [7, 11) is 1.86. The van der Waals surface area contributed by atoms with E-state index in [0.29, 0.717) is 0 Å². The maximum atomic E-state index is 11.4. The van der Waals surface area contributed by atoms with Crippen molar-refractivity contribution < 1.29 is 9.90 Å². The minimum Gasteiger partial charge on any atom is -0.480 e. The van der Waals surface area contributed by atoms with Crippen LogP contribution in [0.1, 0.15) is 32.4 Å². The van der Waals surface area contributed by atoms with E-state index < -0.39 is 11.5 Å². The van der Waals surface area contributed by atoms with E-state index in [9.17, 15) is 9.90 Å². The van der Waals surface area contributed by atoms with E-state index in [1.165, 1.54) is 10.8 Å². The van der Waals surface area contributed by atoms with Crippen LogP contribution in [0.15, 0.2) is 42.5 Å². The highest BCUT2D eigenvalue weighted by molar-refractivity contribution is 5.86. The lowest BCUT2D eigenvalue weighted by Gasteiger charge is -2.37. The number of hydrogen-bond donors (Lipinski definition) is 1. The summed E-state index contributed by atoms with van der Waals surface area (Å²) in [6.07, 6.45) is 0. The Bertz CT molecular complexity index is 628. The summed E-state index contributed by atoms with van der Waals surface area (Å²) in [5.41, 5.74) is 0.246. The zero-order valence-electron chi connectivity index (χ0n) is 12.4. The number of carboxylic acids is 1. The van der Waals surface area contributed by atoms with Gasteiger partial charge in [-0.25, -0.2) is 0 Å². The second-order valence-corrected chi connectivity index (χ2v) is 5.72. The van der Waals surface area contributed by atoms with Crippen molar-refractivity contribution in [3.05, 3.63) is 48.0 Å². The molecule has 106 valence electrons. The molecule has 0 amide bonds. The number of likely N-dealkylation sites (N-methyl/N-ethyl adjacent to an activating group) is 1. The summed E-state index contributed by atoms with van der Waals surface area (Å²) in [4.78, 5) is 13.3. The number of carbonyl (C=O) groups is 1. The molecule has 2 aromatic carbocycles. The Balaban J connectivity index is 2.46. The van der Waals surface area contributed by atoms with Gasteiger partial charge in [-0.15, -0.1) is 0 Å². The van der Waals surface area contributed by atoms with E-state index in [2.05, 4.69) is 24.3 Å². The van der Waals surface area contributed by atoms with Crippen molar-refractivity contribution in [2.75, 3.05) is 7.05 Å². The molecule has 0 heterocycles. The summed E-state index contributed by atoms with van der Waals surface area (Å²) < 4.78 is 0. The Hall–Kier alpha value is -1.87. The van der Waals surface area contributed by atoms with Crippen LogP contribution in [0.4, 0.5) is 0 Å². The van der Waals surface area contributed by atoms with Crippen molar-refractivity contribution in [3.8, 4) is 0 Å². The number of nitrogens with zero attached hydrogens (tertiary/aromatic N) is 1. The van der Waals surface area contributed by atoms with Crippen LogP contribution < -0.4 is 0 Å². The van der Waals surface area contributed by atoms with Gasteiger partial charge in [-0.3, -0.25) is 9.69 Å². The Morgan fingerprint density at radius 1 is 1.15 bits per heavy atom. The maximum Gasteiger partial charge on any atom is 0.323 e. The van der Waals surface area contributed by atoms with Crippen molar-refractivity contribution in [2.45, 2.75) is 32.4 Å². The van der Waals surface area contributed by atoms with E-state index in [1.54, 1.807) is 13.8 Å². The molecule has 0 aliphatic carbocycles. The molecule has 0 aliphatic heterocycles. The highest BCUT2D eigenvalue weighted by Crippen LogP contribution is 2.31. The number of carboxylic acid groups (broad SMARTS) is 1. The van der Waals surface area contributed by atoms with Gasteiger partial charge in [0.1, 0.15) is 5.54 Å². The number of hydrogen-bond acceptors (Lipinski definition) is 2. The minimum atomic E-state index is -0.906. The highest BCUT2D eigenvalue weighted by atomic mass is 16.4. The largest absolute Gasteiger partial charge is 0.480 e. The third-order valence-corrected chi connectivity index (χ3v) is 4.26. The van der Waals surface area contributed by atoms with Crippen molar-refractivity contribution >= 4 is 16.7 Å². The van der Waals surface area contributed by atoms with Gasteiger partial charge in [0.05, 0.1) is 0 Å². The molecule has 3 nitrogen and oxygen atoms in total. The van der Waals surface area contributed by atoms with E-state index in [-0.39, 0.29) is 6.04 Å². The van der Waals surface area contributed by atoms with Crippen LogP contribution in [0.25, 0.3) is 10.8 Å². The van der Waals surface area contributed by atoms with E-state index in [4.69, 9.17) is 0 Å². The first-order valence-corrected chi connectivity index (χ1v) is 6.79. The molecular weight excluding hydrogens is 250 g/mol. The van der Waals surface area contributed by atoms with Crippen molar-refractivity contribution in [1.82, 2.24) is 4.90 Å². The molecule has 1 atom stereocenters. The summed E-state index contributed by atoms with van der Waals surface area (Å²) in [5.74, 6) is -0.813. The van der Waals surface area contributed by atoms with E-state index in [0.717, 1.165) is 5.56 Å². The second kappa shape index (κ2) is 5.25. The average Bonchev–Trinajstić information content (AvgIpc) is 2.44. The lowest BCUT2D eigenvalue weighted by molar-refractivity contribution is -0.149. The Labute approximate surface area is 119 Å². The molecule has 0 aromatic heterocycles. The van der Waals surface area contributed by atoms with Crippen LogP contribution >= 0.6 is 0 Å². The second-order valence-electron chi connectivity index (χ2n) is 5.72. The Morgan fingerprint density at radius 2 is 1.75 bits per heavy atom. The van der Waals surface area contributed by atoms with E-state index in [1.807, 2.05) is 37.1 Å². The third-order valence-electron chi connectivity index (χ3n) is 4.26. The predicted octanol–water partition coefficient (Wildman–Crippen LogP) is 3.70. The maximum absolute atomic E-state index is 11.4. The zero-order valence-corrected chi connectivity index (χ0v) is 12.4. The van der Waals surface area contributed by atoms with Gasteiger partial charge in [0, 0.05) is 6.04 Å². The fourth-order valence-electron chi connectivity index (χ4n) is 2.46. The van der Waals surface area contributed by atoms with Crippen LogP contribution in [0.3, 0.4) is 0 Å². The van der Waals surface area contributed by atoms with Crippen molar-refractivity contribution in [1.29, 1.82) is 0 Å². The lowest BCUT2D eigenvalue weighted by Crippen LogP contribution is -2.48. The van der Waals surface area contributed by atoms with Gasteiger partial charge in [0.15, 0.2) is 0 Å². The summed E-state index contributed by atoms with van der Waals surface area (Å²) in [6.45, 7) is 5.51. The molecule has 0 spiro atoms. The van der Waals surface area contributed by atoms with Crippen LogP contribution in [0.5, 0.6) is 0 Å². The normalized spacial score (nSPS) is 13.7. The molecule has 1 unspecified atom stereocenters. The summed E-state index contributed by atoms with van der Waals surface area (Å²) >= 11 is 0. The molecule has 2 aromatic rings. The van der Waals surface area contributed by atoms with Gasteiger partial charge in [-0.05, 0) is 44.2 Å². The number of aliphatic carboxylic acids is 1. The number of rotatable bonds is 4. The first-order valence-electron chi connectivity index (χ1n) is 6.79. The molecule has 3 heteroatoms. The first kappa shape index (κ1) is 14.5. The quantitative estimate of drug-likeness (QED) is 0.921. The van der Waals surface area contributed by atoms with E-state index >= 15 is 0 Å². The first-order chi connectivity index (χ1) is 9.35. The SMILES string of the molecule is CC(c1cccc2ccccc12)N(C)C(C)(C)C(=O)O. The van der Waals surface area contributed by atoms with Crippen LogP contribution in [0.2, 0.25) is 0 Å². The molecular formula is C17H21NO2. The van der Waals surface area contributed by atoms with Crippen LogP contribution in [0, 0.1) is 0 Å². The minimum absolute atomic E-state index is 0.0206. The zero-order chi connectivity index (χ0) is 14.9. The van der Waals surface area contributed by atoms with Gasteiger partial charge >= 0.3 is 5.97 Å². The molecule has 0 radical (unpaired) electrons. The van der Waals surface area contributed by atoms with Gasteiger partial charge in [0.2, 0.25) is 0 Å². The fourth-order valence-corrected chi connectivity index (χ4v) is 2.46. The standard InChI is InChI=1S/C17H21NO2/c1-12(18(4)17(2,3)16(19)20)14-11-7-9-13-8-5-6-10-15(13)14/h5-12H,1-4H3,(H,19,20). The molecule has 0 aliphatic rings. The molecule has 1 N–H and O–H groups in total. The summed E-state index contributed by atoms with van der Waals surface area (Å²) in [5, 5.41) is 11.7. The highest BCUT2D eigenvalue weighted by Gasteiger charge is 2.35. The Kier molecular flexibility index (Phi) is 3.82. The molecule has 0 saturated heterocycles. The molecule has 20 heavy (non-hydrogen) atoms. The average molecular weight is 271 g/mol. The molecule has 0 saturated carbocycles. The van der Waals surface area contributed by atoms with Crippen molar-refractivity contribution in [3.63, 3.8) is 0 Å². The molecule has 0 bridgehead atoms. The predicted molar refractivity (Wildman–Crippen MR) is 81.8 cm³/mol. The lowest BCUT2D eigenvalue weighted by atomic mass is 9.95. The Morgan fingerprint density at radius 3 is 2.40 bits per heavy atom. The smallest absolute Gasteiger partial charge is 0.323 e. The number of fused-ring (bicyclic) bond motifs is 1. The number of benzene rings is 2. The van der Waals surface area contributed by atoms with Gasteiger partial charge in [0.25, 0.3) is 0 Å².